The Bertz CT molecular complexity index is 340. The van der Waals surface area contributed by atoms with Gasteiger partial charge in [-0.2, -0.15) is 0 Å². The van der Waals surface area contributed by atoms with Crippen LogP contribution in [0.1, 0.15) is 39.5 Å². The number of rotatable bonds is 1. The Hall–Kier alpha value is -0.650. The molecule has 2 fully saturated rings. The lowest BCUT2D eigenvalue weighted by molar-refractivity contribution is -0.356. The first-order valence-electron chi connectivity index (χ1n) is 6.55. The van der Waals surface area contributed by atoms with E-state index in [-0.39, 0.29) is 17.9 Å². The lowest BCUT2D eigenvalue weighted by atomic mass is 9.66. The predicted octanol–water partition coefficient (Wildman–Crippen LogP) is 0.824. The quantitative estimate of drug-likeness (QED) is 0.681. The molecule has 5 atom stereocenters. The molecule has 1 heterocycles. The summed E-state index contributed by atoms with van der Waals surface area (Å²) < 4.78 is 10.2. The summed E-state index contributed by atoms with van der Waals surface area (Å²) in [7, 11) is 1.20. The van der Waals surface area contributed by atoms with Crippen LogP contribution in [0, 0.1) is 11.8 Å². The molecule has 0 radical (unpaired) electrons. The van der Waals surface area contributed by atoms with Gasteiger partial charge in [0.2, 0.25) is 11.4 Å². The summed E-state index contributed by atoms with van der Waals surface area (Å²) in [5.74, 6) is -3.04. The molecule has 1 aliphatic carbocycles. The van der Waals surface area contributed by atoms with Crippen molar-refractivity contribution in [2.75, 3.05) is 7.11 Å². The van der Waals surface area contributed by atoms with E-state index in [1.165, 1.54) is 14.0 Å². The minimum Gasteiger partial charge on any atom is -0.467 e. The van der Waals surface area contributed by atoms with Gasteiger partial charge >= 0.3 is 5.97 Å². The molecule has 0 aromatic heterocycles. The summed E-state index contributed by atoms with van der Waals surface area (Å²) in [6.45, 7) is 3.13. The van der Waals surface area contributed by atoms with E-state index in [0.29, 0.717) is 0 Å². The first kappa shape index (κ1) is 13.8. The van der Waals surface area contributed by atoms with Crippen LogP contribution in [0.15, 0.2) is 0 Å². The van der Waals surface area contributed by atoms with Crippen LogP contribution in [0.25, 0.3) is 0 Å². The molecule has 18 heavy (non-hydrogen) atoms. The normalized spacial score (nSPS) is 48.4. The minimum absolute atomic E-state index is 0.0862. The highest BCUT2D eigenvalue weighted by atomic mass is 16.7. The van der Waals surface area contributed by atoms with Gasteiger partial charge in [0.15, 0.2) is 0 Å². The molecule has 1 aliphatic heterocycles. The Morgan fingerprint density at radius 3 is 2.56 bits per heavy atom. The fourth-order valence-electron chi connectivity index (χ4n) is 3.49. The molecule has 0 aromatic rings. The van der Waals surface area contributed by atoms with E-state index in [0.717, 1.165) is 25.7 Å². The Morgan fingerprint density at radius 2 is 1.94 bits per heavy atom. The lowest BCUT2D eigenvalue weighted by Gasteiger charge is -2.54. The Kier molecular flexibility index (Phi) is 3.42. The summed E-state index contributed by atoms with van der Waals surface area (Å²) in [6.07, 6.45) is 3.80. The van der Waals surface area contributed by atoms with Crippen LogP contribution in [0.2, 0.25) is 0 Å². The van der Waals surface area contributed by atoms with Gasteiger partial charge in [-0.3, -0.25) is 0 Å². The lowest BCUT2D eigenvalue weighted by Crippen LogP contribution is -2.70. The standard InChI is InChI=1S/C13H22O5/c1-8-9-6-4-5-7-10(9)18-12(2,15)13(8,16)11(14)17-3/h8-10,15-16H,4-7H2,1-3H3/t8-,9?,10?,12-,13+/m0/s1. The Morgan fingerprint density at radius 1 is 1.33 bits per heavy atom. The number of ether oxygens (including phenoxy) is 2. The zero-order valence-electron chi connectivity index (χ0n) is 11.2. The fourth-order valence-corrected chi connectivity index (χ4v) is 3.49. The molecule has 0 amide bonds. The number of fused-ring (bicyclic) bond motifs is 1. The van der Waals surface area contributed by atoms with Crippen LogP contribution in [-0.2, 0) is 14.3 Å². The van der Waals surface area contributed by atoms with Gasteiger partial charge in [0, 0.05) is 5.92 Å². The molecule has 104 valence electrons. The van der Waals surface area contributed by atoms with E-state index in [2.05, 4.69) is 4.74 Å². The Balaban J connectivity index is 2.36. The SMILES string of the molecule is COC(=O)[C@]1(O)[C@@H](C)C2CCCCC2O[C@]1(C)O. The third kappa shape index (κ3) is 1.76. The van der Waals surface area contributed by atoms with Gasteiger partial charge in [-0.05, 0) is 25.7 Å². The average Bonchev–Trinajstić information content (AvgIpc) is 2.34. The highest BCUT2D eigenvalue weighted by Gasteiger charge is 2.64. The van der Waals surface area contributed by atoms with Gasteiger partial charge in [-0.1, -0.05) is 19.8 Å². The van der Waals surface area contributed by atoms with Crippen molar-refractivity contribution in [3.63, 3.8) is 0 Å². The van der Waals surface area contributed by atoms with Crippen molar-refractivity contribution < 1.29 is 24.5 Å². The van der Waals surface area contributed by atoms with Crippen molar-refractivity contribution in [3.05, 3.63) is 0 Å². The summed E-state index contributed by atoms with van der Waals surface area (Å²) in [5, 5.41) is 21.0. The number of carbonyl (C=O) groups is 1. The first-order valence-corrected chi connectivity index (χ1v) is 6.55. The van der Waals surface area contributed by atoms with Crippen molar-refractivity contribution in [2.24, 2.45) is 11.8 Å². The molecule has 2 aliphatic rings. The Labute approximate surface area is 107 Å². The zero-order chi connectivity index (χ0) is 13.6. The highest BCUT2D eigenvalue weighted by Crippen LogP contribution is 2.48. The number of esters is 1. The molecule has 0 bridgehead atoms. The van der Waals surface area contributed by atoms with Gasteiger partial charge in [-0.15, -0.1) is 0 Å². The first-order chi connectivity index (χ1) is 8.34. The summed E-state index contributed by atoms with van der Waals surface area (Å²) in [6, 6.07) is 0. The molecular formula is C13H22O5. The zero-order valence-corrected chi connectivity index (χ0v) is 11.2. The van der Waals surface area contributed by atoms with Crippen LogP contribution in [0.4, 0.5) is 0 Å². The fraction of sp³-hybridized carbons (Fsp3) is 0.923. The number of methoxy groups -OCH3 is 1. The summed E-state index contributed by atoms with van der Waals surface area (Å²) in [5.41, 5.74) is -2.00. The molecule has 2 unspecified atom stereocenters. The largest absolute Gasteiger partial charge is 0.467 e. The van der Waals surface area contributed by atoms with E-state index in [4.69, 9.17) is 4.74 Å². The van der Waals surface area contributed by atoms with Crippen molar-refractivity contribution in [1.29, 1.82) is 0 Å². The average molecular weight is 258 g/mol. The second-order valence-electron chi connectivity index (χ2n) is 5.63. The minimum atomic E-state index is -2.00. The van der Waals surface area contributed by atoms with Crippen molar-refractivity contribution in [2.45, 2.75) is 57.0 Å². The number of aliphatic hydroxyl groups is 2. The van der Waals surface area contributed by atoms with Crippen LogP contribution < -0.4 is 0 Å². The topological polar surface area (TPSA) is 76.0 Å². The van der Waals surface area contributed by atoms with Crippen LogP contribution in [-0.4, -0.2) is 40.8 Å². The molecule has 5 nitrogen and oxygen atoms in total. The van der Waals surface area contributed by atoms with Gasteiger partial charge in [0.25, 0.3) is 0 Å². The van der Waals surface area contributed by atoms with Gasteiger partial charge in [0.1, 0.15) is 0 Å². The van der Waals surface area contributed by atoms with Crippen LogP contribution in [0.3, 0.4) is 0 Å². The van der Waals surface area contributed by atoms with E-state index >= 15 is 0 Å². The van der Waals surface area contributed by atoms with E-state index < -0.39 is 17.4 Å². The maximum absolute atomic E-state index is 11.9. The smallest absolute Gasteiger partial charge is 0.343 e. The van der Waals surface area contributed by atoms with Crippen LogP contribution >= 0.6 is 0 Å². The number of carbonyl (C=O) groups excluding carboxylic acids is 1. The maximum atomic E-state index is 11.9. The van der Waals surface area contributed by atoms with Gasteiger partial charge < -0.3 is 19.7 Å². The monoisotopic (exact) mass is 258 g/mol. The summed E-state index contributed by atoms with van der Waals surface area (Å²) >= 11 is 0. The molecule has 0 spiro atoms. The summed E-state index contributed by atoms with van der Waals surface area (Å²) in [4.78, 5) is 11.9. The van der Waals surface area contributed by atoms with Crippen molar-refractivity contribution in [3.8, 4) is 0 Å². The molecule has 5 heteroatoms. The van der Waals surface area contributed by atoms with Gasteiger partial charge in [0.05, 0.1) is 13.2 Å². The highest BCUT2D eigenvalue weighted by molar-refractivity contribution is 5.81. The third-order valence-electron chi connectivity index (χ3n) is 4.64. The maximum Gasteiger partial charge on any atom is 0.343 e. The molecular weight excluding hydrogens is 236 g/mol. The van der Waals surface area contributed by atoms with E-state index in [1.807, 2.05) is 0 Å². The van der Waals surface area contributed by atoms with E-state index in [1.54, 1.807) is 6.92 Å². The molecule has 2 N–H and O–H groups in total. The predicted molar refractivity (Wildman–Crippen MR) is 63.6 cm³/mol. The second kappa shape index (κ2) is 4.47. The molecule has 2 rings (SSSR count). The molecule has 0 aromatic carbocycles. The molecule has 1 saturated carbocycles. The van der Waals surface area contributed by atoms with Crippen LogP contribution in [0.5, 0.6) is 0 Å². The van der Waals surface area contributed by atoms with Crippen molar-refractivity contribution >= 4 is 5.97 Å². The van der Waals surface area contributed by atoms with E-state index in [9.17, 15) is 15.0 Å². The van der Waals surface area contributed by atoms with Crippen molar-refractivity contribution in [1.82, 2.24) is 0 Å². The van der Waals surface area contributed by atoms with Gasteiger partial charge in [-0.25, -0.2) is 4.79 Å². The third-order valence-corrected chi connectivity index (χ3v) is 4.64. The second-order valence-corrected chi connectivity index (χ2v) is 5.63. The molecule has 1 saturated heterocycles. The number of hydrogen-bond acceptors (Lipinski definition) is 5. The number of hydrogen-bond donors (Lipinski definition) is 2.